The maximum Gasteiger partial charge on any atom is 0.0122 e. The first kappa shape index (κ1) is 10.7. The van der Waals surface area contributed by atoms with E-state index >= 15 is 0 Å². The Morgan fingerprint density at radius 1 is 1.13 bits per heavy atom. The standard InChI is InChI=1S/C14H21N/c1-14(2,3)13-9-12(10-15-13)11-7-5-4-6-8-11/h4-8,12-13,15H,9-10H2,1-3H3/t12-,13?/m1/s1. The first-order chi connectivity index (χ1) is 7.07. The molecule has 0 spiro atoms. The molecule has 0 aromatic heterocycles. The third kappa shape index (κ3) is 2.40. The van der Waals surface area contributed by atoms with Crippen LogP contribution in [0.2, 0.25) is 0 Å². The van der Waals surface area contributed by atoms with Crippen LogP contribution in [-0.4, -0.2) is 12.6 Å². The van der Waals surface area contributed by atoms with Crippen LogP contribution in [0.15, 0.2) is 30.3 Å². The van der Waals surface area contributed by atoms with Gasteiger partial charge in [0.15, 0.2) is 0 Å². The van der Waals surface area contributed by atoms with Crippen molar-refractivity contribution in [2.75, 3.05) is 6.54 Å². The highest BCUT2D eigenvalue weighted by atomic mass is 15.0. The van der Waals surface area contributed by atoms with E-state index in [0.717, 1.165) is 6.54 Å². The summed E-state index contributed by atoms with van der Waals surface area (Å²) in [7, 11) is 0. The van der Waals surface area contributed by atoms with E-state index in [9.17, 15) is 0 Å². The quantitative estimate of drug-likeness (QED) is 0.739. The van der Waals surface area contributed by atoms with Crippen molar-refractivity contribution in [3.63, 3.8) is 0 Å². The minimum Gasteiger partial charge on any atom is -0.313 e. The van der Waals surface area contributed by atoms with E-state index in [2.05, 4.69) is 56.4 Å². The molecule has 0 bridgehead atoms. The summed E-state index contributed by atoms with van der Waals surface area (Å²) in [4.78, 5) is 0. The van der Waals surface area contributed by atoms with Crippen molar-refractivity contribution in [3.05, 3.63) is 35.9 Å². The van der Waals surface area contributed by atoms with Crippen molar-refractivity contribution in [1.29, 1.82) is 0 Å². The molecule has 2 rings (SSSR count). The monoisotopic (exact) mass is 203 g/mol. The summed E-state index contributed by atoms with van der Waals surface area (Å²) in [6, 6.07) is 11.5. The van der Waals surface area contributed by atoms with Crippen LogP contribution in [0.3, 0.4) is 0 Å². The van der Waals surface area contributed by atoms with Crippen LogP contribution < -0.4 is 5.32 Å². The van der Waals surface area contributed by atoms with Gasteiger partial charge in [-0.2, -0.15) is 0 Å². The van der Waals surface area contributed by atoms with Crippen LogP contribution in [0.1, 0.15) is 38.7 Å². The van der Waals surface area contributed by atoms with Crippen molar-refractivity contribution < 1.29 is 0 Å². The van der Waals surface area contributed by atoms with Gasteiger partial charge in [-0.15, -0.1) is 0 Å². The van der Waals surface area contributed by atoms with Crippen molar-refractivity contribution >= 4 is 0 Å². The van der Waals surface area contributed by atoms with Gasteiger partial charge in [0.25, 0.3) is 0 Å². The van der Waals surface area contributed by atoms with Gasteiger partial charge in [0.2, 0.25) is 0 Å². The molecule has 1 aliphatic heterocycles. The van der Waals surface area contributed by atoms with E-state index in [1.54, 1.807) is 0 Å². The van der Waals surface area contributed by atoms with Gasteiger partial charge in [0.1, 0.15) is 0 Å². The molecule has 0 radical (unpaired) electrons. The highest BCUT2D eigenvalue weighted by Crippen LogP contribution is 2.33. The van der Waals surface area contributed by atoms with Gasteiger partial charge in [-0.25, -0.2) is 0 Å². The summed E-state index contributed by atoms with van der Waals surface area (Å²) in [5.41, 5.74) is 1.86. The van der Waals surface area contributed by atoms with Gasteiger partial charge in [0.05, 0.1) is 0 Å². The minimum absolute atomic E-state index is 0.379. The van der Waals surface area contributed by atoms with E-state index in [0.29, 0.717) is 17.4 Å². The Morgan fingerprint density at radius 2 is 1.80 bits per heavy atom. The van der Waals surface area contributed by atoms with Crippen molar-refractivity contribution in [2.24, 2.45) is 5.41 Å². The van der Waals surface area contributed by atoms with Gasteiger partial charge in [-0.1, -0.05) is 51.1 Å². The zero-order valence-electron chi connectivity index (χ0n) is 9.96. The third-order valence-electron chi connectivity index (χ3n) is 3.45. The second kappa shape index (κ2) is 3.97. The molecule has 1 saturated heterocycles. The summed E-state index contributed by atoms with van der Waals surface area (Å²) < 4.78 is 0. The van der Waals surface area contributed by atoms with E-state index in [1.165, 1.54) is 12.0 Å². The summed E-state index contributed by atoms with van der Waals surface area (Å²) in [6.07, 6.45) is 1.27. The molecule has 0 amide bonds. The minimum atomic E-state index is 0.379. The fraction of sp³-hybridized carbons (Fsp3) is 0.571. The number of benzene rings is 1. The predicted octanol–water partition coefficient (Wildman–Crippen LogP) is 3.18. The summed E-state index contributed by atoms with van der Waals surface area (Å²) >= 11 is 0. The van der Waals surface area contributed by atoms with E-state index in [-0.39, 0.29) is 0 Å². The highest BCUT2D eigenvalue weighted by Gasteiger charge is 2.32. The van der Waals surface area contributed by atoms with Crippen LogP contribution in [0.4, 0.5) is 0 Å². The molecule has 1 aromatic carbocycles. The van der Waals surface area contributed by atoms with E-state index < -0.39 is 0 Å². The molecular formula is C14H21N. The molecule has 15 heavy (non-hydrogen) atoms. The largest absolute Gasteiger partial charge is 0.313 e. The van der Waals surface area contributed by atoms with E-state index in [4.69, 9.17) is 0 Å². The average Bonchev–Trinajstić information content (AvgIpc) is 2.67. The van der Waals surface area contributed by atoms with Crippen LogP contribution in [0.5, 0.6) is 0 Å². The predicted molar refractivity (Wildman–Crippen MR) is 65.0 cm³/mol. The van der Waals surface area contributed by atoms with Gasteiger partial charge in [-0.05, 0) is 23.3 Å². The zero-order chi connectivity index (χ0) is 10.9. The SMILES string of the molecule is CC(C)(C)C1C[C@@H](c2ccccc2)CN1. The topological polar surface area (TPSA) is 12.0 Å². The lowest BCUT2D eigenvalue weighted by Crippen LogP contribution is -2.34. The van der Waals surface area contributed by atoms with Crippen LogP contribution >= 0.6 is 0 Å². The fourth-order valence-electron chi connectivity index (χ4n) is 2.37. The summed E-state index contributed by atoms with van der Waals surface area (Å²) in [5.74, 6) is 0.704. The first-order valence-electron chi connectivity index (χ1n) is 5.86. The molecule has 1 unspecified atom stereocenters. The normalized spacial score (nSPS) is 26.9. The molecule has 82 valence electrons. The molecule has 1 nitrogen and oxygen atoms in total. The van der Waals surface area contributed by atoms with Gasteiger partial charge in [-0.3, -0.25) is 0 Å². The summed E-state index contributed by atoms with van der Waals surface area (Å²) in [5, 5.41) is 3.65. The fourth-order valence-corrected chi connectivity index (χ4v) is 2.37. The molecule has 1 heterocycles. The summed E-state index contributed by atoms with van der Waals surface area (Å²) in [6.45, 7) is 8.08. The van der Waals surface area contributed by atoms with Crippen LogP contribution in [0, 0.1) is 5.41 Å². The smallest absolute Gasteiger partial charge is 0.0122 e. The number of hydrogen-bond donors (Lipinski definition) is 1. The Morgan fingerprint density at radius 3 is 2.33 bits per heavy atom. The third-order valence-corrected chi connectivity index (χ3v) is 3.45. The molecule has 0 aliphatic carbocycles. The molecule has 1 fully saturated rings. The molecule has 1 aliphatic rings. The van der Waals surface area contributed by atoms with Gasteiger partial charge in [0, 0.05) is 12.6 Å². The maximum absolute atomic E-state index is 3.65. The lowest BCUT2D eigenvalue weighted by Gasteiger charge is -2.27. The van der Waals surface area contributed by atoms with Crippen LogP contribution in [0.25, 0.3) is 0 Å². The van der Waals surface area contributed by atoms with Gasteiger partial charge < -0.3 is 5.32 Å². The second-order valence-corrected chi connectivity index (χ2v) is 5.67. The first-order valence-corrected chi connectivity index (χ1v) is 5.86. The lowest BCUT2D eigenvalue weighted by atomic mass is 9.83. The van der Waals surface area contributed by atoms with Crippen LogP contribution in [-0.2, 0) is 0 Å². The molecule has 0 saturated carbocycles. The molecule has 1 heteroatoms. The molecular weight excluding hydrogens is 182 g/mol. The van der Waals surface area contributed by atoms with Gasteiger partial charge >= 0.3 is 0 Å². The molecule has 1 N–H and O–H groups in total. The number of rotatable bonds is 1. The van der Waals surface area contributed by atoms with Crippen molar-refractivity contribution in [2.45, 2.75) is 39.2 Å². The maximum atomic E-state index is 3.65. The van der Waals surface area contributed by atoms with Crippen molar-refractivity contribution in [1.82, 2.24) is 5.32 Å². The van der Waals surface area contributed by atoms with Crippen molar-refractivity contribution in [3.8, 4) is 0 Å². The Labute approximate surface area is 92.9 Å². The molecule has 1 aromatic rings. The lowest BCUT2D eigenvalue weighted by molar-refractivity contribution is 0.293. The Hall–Kier alpha value is -0.820. The zero-order valence-corrected chi connectivity index (χ0v) is 9.96. The Balaban J connectivity index is 2.05. The molecule has 2 atom stereocenters. The van der Waals surface area contributed by atoms with E-state index in [1.807, 2.05) is 0 Å². The number of nitrogens with one attached hydrogen (secondary N) is 1. The second-order valence-electron chi connectivity index (χ2n) is 5.67. The number of hydrogen-bond acceptors (Lipinski definition) is 1. The highest BCUT2D eigenvalue weighted by molar-refractivity contribution is 5.21. The Kier molecular flexibility index (Phi) is 2.83. The Bertz CT molecular complexity index is 310. The average molecular weight is 203 g/mol.